The van der Waals surface area contributed by atoms with Gasteiger partial charge >= 0.3 is 0 Å². The molecule has 1 saturated heterocycles. The predicted molar refractivity (Wildman–Crippen MR) is 111 cm³/mol. The third-order valence-electron chi connectivity index (χ3n) is 4.85. The van der Waals surface area contributed by atoms with Gasteiger partial charge in [-0.1, -0.05) is 29.8 Å². The quantitative estimate of drug-likeness (QED) is 0.777. The van der Waals surface area contributed by atoms with Gasteiger partial charge in [0.1, 0.15) is 10.7 Å². The van der Waals surface area contributed by atoms with Crippen molar-refractivity contribution in [3.63, 3.8) is 0 Å². The summed E-state index contributed by atoms with van der Waals surface area (Å²) in [4.78, 5) is 14.0. The SMILES string of the molecule is Cc1cc(C)c(NC(=O)CN2CCN(S(=O)(=O)c3ccccc3F)CC2)c(Cl)c1. The molecule has 0 bridgehead atoms. The van der Waals surface area contributed by atoms with Crippen molar-refractivity contribution < 1.29 is 17.6 Å². The lowest BCUT2D eigenvalue weighted by molar-refractivity contribution is -0.117. The van der Waals surface area contributed by atoms with Gasteiger partial charge in [-0.25, -0.2) is 12.8 Å². The second kappa shape index (κ2) is 8.79. The van der Waals surface area contributed by atoms with Gasteiger partial charge in [0.25, 0.3) is 0 Å². The van der Waals surface area contributed by atoms with Gasteiger partial charge in [-0.2, -0.15) is 4.31 Å². The van der Waals surface area contributed by atoms with Crippen LogP contribution in [0.5, 0.6) is 0 Å². The van der Waals surface area contributed by atoms with Crippen LogP contribution >= 0.6 is 11.6 Å². The van der Waals surface area contributed by atoms with Gasteiger partial charge in [0.15, 0.2) is 0 Å². The molecule has 1 aliphatic rings. The molecule has 2 aromatic rings. The van der Waals surface area contributed by atoms with Crippen molar-refractivity contribution >= 4 is 33.2 Å². The van der Waals surface area contributed by atoms with Crippen LogP contribution in [0.15, 0.2) is 41.3 Å². The van der Waals surface area contributed by atoms with Gasteiger partial charge in [0.2, 0.25) is 15.9 Å². The second-order valence-electron chi connectivity index (χ2n) is 7.10. The van der Waals surface area contributed by atoms with Gasteiger partial charge in [0, 0.05) is 26.2 Å². The highest BCUT2D eigenvalue weighted by Gasteiger charge is 2.30. The first kappa shape index (κ1) is 21.7. The van der Waals surface area contributed by atoms with Gasteiger partial charge in [-0.3, -0.25) is 9.69 Å². The topological polar surface area (TPSA) is 69.7 Å². The summed E-state index contributed by atoms with van der Waals surface area (Å²) in [5, 5.41) is 3.32. The zero-order valence-corrected chi connectivity index (χ0v) is 17.9. The first-order valence-electron chi connectivity index (χ1n) is 9.22. The Hall–Kier alpha value is -2.00. The number of carbonyl (C=O) groups excluding carboxylic acids is 1. The summed E-state index contributed by atoms with van der Waals surface area (Å²) in [5.74, 6) is -0.982. The first-order chi connectivity index (χ1) is 13.7. The van der Waals surface area contributed by atoms with Crippen LogP contribution in [0.1, 0.15) is 11.1 Å². The third-order valence-corrected chi connectivity index (χ3v) is 7.08. The van der Waals surface area contributed by atoms with E-state index >= 15 is 0 Å². The fraction of sp³-hybridized carbons (Fsp3) is 0.350. The maximum absolute atomic E-state index is 13.9. The Kier molecular flexibility index (Phi) is 6.58. The van der Waals surface area contributed by atoms with Gasteiger partial charge < -0.3 is 5.32 Å². The summed E-state index contributed by atoms with van der Waals surface area (Å²) in [6.45, 7) is 5.06. The van der Waals surface area contributed by atoms with Crippen molar-refractivity contribution in [3.05, 3.63) is 58.4 Å². The largest absolute Gasteiger partial charge is 0.323 e. The third kappa shape index (κ3) is 4.95. The number of anilines is 1. The number of aryl methyl sites for hydroxylation is 2. The number of rotatable bonds is 5. The van der Waals surface area contributed by atoms with Crippen molar-refractivity contribution in [1.82, 2.24) is 9.21 Å². The maximum Gasteiger partial charge on any atom is 0.246 e. The Labute approximate surface area is 175 Å². The zero-order chi connectivity index (χ0) is 21.2. The summed E-state index contributed by atoms with van der Waals surface area (Å²) in [6, 6.07) is 9.07. The lowest BCUT2D eigenvalue weighted by Crippen LogP contribution is -2.50. The van der Waals surface area contributed by atoms with Crippen LogP contribution in [0.4, 0.5) is 10.1 Å². The summed E-state index contributed by atoms with van der Waals surface area (Å²) in [5.41, 5.74) is 2.48. The number of hydrogen-bond acceptors (Lipinski definition) is 4. The lowest BCUT2D eigenvalue weighted by Gasteiger charge is -2.33. The molecule has 0 aliphatic carbocycles. The lowest BCUT2D eigenvalue weighted by atomic mass is 10.1. The molecule has 9 heteroatoms. The monoisotopic (exact) mass is 439 g/mol. The minimum absolute atomic E-state index is 0.122. The van der Waals surface area contributed by atoms with Gasteiger partial charge in [-0.05, 0) is 43.2 Å². The molecule has 0 spiro atoms. The standard InChI is InChI=1S/C20H23ClFN3O3S/c1-14-11-15(2)20(16(21)12-14)23-19(26)13-24-7-9-25(10-8-24)29(27,28)18-6-4-3-5-17(18)22/h3-6,11-12H,7-10,13H2,1-2H3,(H,23,26). The highest BCUT2D eigenvalue weighted by Crippen LogP contribution is 2.27. The van der Waals surface area contributed by atoms with Crippen molar-refractivity contribution in [3.8, 4) is 0 Å². The molecule has 0 atom stereocenters. The van der Waals surface area contributed by atoms with E-state index in [0.717, 1.165) is 17.2 Å². The molecule has 0 radical (unpaired) electrons. The van der Waals surface area contributed by atoms with E-state index in [1.54, 1.807) is 6.07 Å². The Morgan fingerprint density at radius 3 is 2.41 bits per heavy atom. The van der Waals surface area contributed by atoms with Crippen molar-refractivity contribution in [1.29, 1.82) is 0 Å². The number of halogens is 2. The zero-order valence-electron chi connectivity index (χ0n) is 16.3. The van der Waals surface area contributed by atoms with Crippen LogP contribution in [0.2, 0.25) is 5.02 Å². The van der Waals surface area contributed by atoms with Crippen molar-refractivity contribution in [2.45, 2.75) is 18.7 Å². The maximum atomic E-state index is 13.9. The summed E-state index contributed by atoms with van der Waals surface area (Å²) in [6.07, 6.45) is 0. The fourth-order valence-electron chi connectivity index (χ4n) is 3.38. The van der Waals surface area contributed by atoms with Crippen LogP contribution in [-0.4, -0.2) is 56.3 Å². The Morgan fingerprint density at radius 1 is 1.14 bits per heavy atom. The van der Waals surface area contributed by atoms with Gasteiger partial charge in [0.05, 0.1) is 17.3 Å². The molecule has 1 amide bonds. The van der Waals surface area contributed by atoms with E-state index in [1.165, 1.54) is 22.5 Å². The Balaban J connectivity index is 1.59. The average molecular weight is 440 g/mol. The van der Waals surface area contributed by atoms with E-state index in [-0.39, 0.29) is 30.4 Å². The van der Waals surface area contributed by atoms with E-state index in [9.17, 15) is 17.6 Å². The van der Waals surface area contributed by atoms with E-state index in [0.29, 0.717) is 23.8 Å². The molecule has 29 heavy (non-hydrogen) atoms. The van der Waals surface area contributed by atoms with Crippen molar-refractivity contribution in [2.24, 2.45) is 0 Å². The Morgan fingerprint density at radius 2 is 1.79 bits per heavy atom. The fourth-order valence-corrected chi connectivity index (χ4v) is 5.23. The second-order valence-corrected chi connectivity index (χ2v) is 9.41. The molecule has 1 heterocycles. The van der Waals surface area contributed by atoms with E-state index < -0.39 is 15.8 Å². The summed E-state index contributed by atoms with van der Waals surface area (Å²) >= 11 is 6.23. The van der Waals surface area contributed by atoms with E-state index in [4.69, 9.17) is 11.6 Å². The van der Waals surface area contributed by atoms with Crippen LogP contribution in [-0.2, 0) is 14.8 Å². The molecule has 0 aromatic heterocycles. The van der Waals surface area contributed by atoms with E-state index in [2.05, 4.69) is 5.32 Å². The summed E-state index contributed by atoms with van der Waals surface area (Å²) in [7, 11) is -3.89. The first-order valence-corrected chi connectivity index (χ1v) is 11.0. The molecule has 1 N–H and O–H groups in total. The molecule has 1 aliphatic heterocycles. The van der Waals surface area contributed by atoms with Crippen LogP contribution in [0.3, 0.4) is 0 Å². The Bertz CT molecular complexity index is 998. The normalized spacial score (nSPS) is 16.0. The minimum Gasteiger partial charge on any atom is -0.323 e. The van der Waals surface area contributed by atoms with E-state index in [1.807, 2.05) is 24.8 Å². The number of benzene rings is 2. The number of piperazine rings is 1. The number of amides is 1. The molecular weight excluding hydrogens is 417 g/mol. The molecule has 2 aromatic carbocycles. The number of sulfonamides is 1. The highest BCUT2D eigenvalue weighted by molar-refractivity contribution is 7.89. The number of hydrogen-bond donors (Lipinski definition) is 1. The molecule has 0 saturated carbocycles. The molecule has 3 rings (SSSR count). The van der Waals surface area contributed by atoms with Crippen molar-refractivity contribution in [2.75, 3.05) is 38.0 Å². The molecule has 1 fully saturated rings. The molecule has 156 valence electrons. The average Bonchev–Trinajstić information content (AvgIpc) is 2.65. The van der Waals surface area contributed by atoms with Gasteiger partial charge in [-0.15, -0.1) is 0 Å². The number of nitrogens with one attached hydrogen (secondary N) is 1. The molecular formula is C20H23ClFN3O3S. The number of nitrogens with zero attached hydrogens (tertiary/aromatic N) is 2. The highest BCUT2D eigenvalue weighted by atomic mass is 35.5. The summed E-state index contributed by atoms with van der Waals surface area (Å²) < 4.78 is 40.5. The number of carbonyl (C=O) groups is 1. The van der Waals surface area contributed by atoms with Crippen LogP contribution in [0, 0.1) is 19.7 Å². The predicted octanol–water partition coefficient (Wildman–Crippen LogP) is 3.04. The minimum atomic E-state index is -3.89. The smallest absolute Gasteiger partial charge is 0.246 e. The van der Waals surface area contributed by atoms with Crippen LogP contribution < -0.4 is 5.32 Å². The molecule has 0 unspecified atom stereocenters. The van der Waals surface area contributed by atoms with Crippen LogP contribution in [0.25, 0.3) is 0 Å². The molecule has 6 nitrogen and oxygen atoms in total.